The molecule has 0 aromatic heterocycles. The van der Waals surface area contributed by atoms with Crippen molar-refractivity contribution in [3.05, 3.63) is 35.3 Å². The van der Waals surface area contributed by atoms with E-state index in [9.17, 15) is 4.79 Å². The molecule has 3 N–H and O–H groups in total. The number of aliphatic carboxylic acids is 1. The molecular formula is C9H9NO2. The van der Waals surface area contributed by atoms with Gasteiger partial charge in [-0.2, -0.15) is 0 Å². The van der Waals surface area contributed by atoms with Crippen molar-refractivity contribution in [1.29, 1.82) is 0 Å². The third kappa shape index (κ3) is 1.97. The molecule has 0 aromatic rings. The minimum absolute atomic E-state index is 0.0698. The van der Waals surface area contributed by atoms with Crippen molar-refractivity contribution in [2.75, 3.05) is 0 Å². The van der Waals surface area contributed by atoms with E-state index >= 15 is 0 Å². The Balaban J connectivity index is 3.10. The third-order valence-electron chi connectivity index (χ3n) is 1.43. The van der Waals surface area contributed by atoms with E-state index in [1.807, 2.05) is 0 Å². The lowest BCUT2D eigenvalue weighted by molar-refractivity contribution is -0.132. The van der Waals surface area contributed by atoms with E-state index in [4.69, 9.17) is 10.8 Å². The molecule has 1 rings (SSSR count). The molecule has 0 heterocycles. The van der Waals surface area contributed by atoms with Gasteiger partial charge in [0.25, 0.3) is 0 Å². The quantitative estimate of drug-likeness (QED) is 0.556. The van der Waals surface area contributed by atoms with Crippen LogP contribution in [0.25, 0.3) is 0 Å². The largest absolute Gasteiger partial charge is 0.477 e. The van der Waals surface area contributed by atoms with Crippen molar-refractivity contribution in [3.8, 4) is 0 Å². The molecule has 1 unspecified atom stereocenters. The standard InChI is InChI=1S/C9H9NO2/c1-9(10)5-2-3-7(4-6-9)8(11)12/h4-6H,10H2,1H3,(H,11,12). The monoisotopic (exact) mass is 163 g/mol. The first-order chi connectivity index (χ1) is 5.51. The van der Waals surface area contributed by atoms with E-state index in [0.29, 0.717) is 0 Å². The average molecular weight is 163 g/mol. The lowest BCUT2D eigenvalue weighted by atomic mass is 10.0. The Bertz CT molecular complexity index is 338. The molecule has 1 atom stereocenters. The first-order valence-electron chi connectivity index (χ1n) is 3.45. The van der Waals surface area contributed by atoms with E-state index in [2.05, 4.69) is 11.5 Å². The summed E-state index contributed by atoms with van der Waals surface area (Å²) in [6.45, 7) is 1.75. The summed E-state index contributed by atoms with van der Waals surface area (Å²) in [5, 5.41) is 8.59. The number of hydrogen-bond acceptors (Lipinski definition) is 2. The van der Waals surface area contributed by atoms with Gasteiger partial charge in [-0.05, 0) is 19.1 Å². The van der Waals surface area contributed by atoms with Gasteiger partial charge in [0.1, 0.15) is 5.57 Å². The summed E-state index contributed by atoms with van der Waals surface area (Å²) in [4.78, 5) is 10.5. The summed E-state index contributed by atoms with van der Waals surface area (Å²) in [6.07, 6.45) is 4.60. The van der Waals surface area contributed by atoms with E-state index in [1.165, 1.54) is 6.08 Å². The van der Waals surface area contributed by atoms with Gasteiger partial charge in [-0.15, -0.1) is 0 Å². The van der Waals surface area contributed by atoms with Gasteiger partial charge >= 0.3 is 5.97 Å². The molecule has 0 bridgehead atoms. The fourth-order valence-corrected chi connectivity index (χ4v) is 0.747. The van der Waals surface area contributed by atoms with Crippen molar-refractivity contribution < 1.29 is 9.90 Å². The second-order valence-electron chi connectivity index (χ2n) is 2.83. The Labute approximate surface area is 70.2 Å². The summed E-state index contributed by atoms with van der Waals surface area (Å²) >= 11 is 0. The zero-order chi connectivity index (χ0) is 9.19. The molecule has 3 heteroatoms. The number of carboxylic acid groups (broad SMARTS) is 1. The fraction of sp³-hybridized carbons (Fsp3) is 0.222. The summed E-state index contributed by atoms with van der Waals surface area (Å²) < 4.78 is 0. The van der Waals surface area contributed by atoms with Crippen LogP contribution in [-0.2, 0) is 4.79 Å². The number of carbonyl (C=O) groups is 1. The van der Waals surface area contributed by atoms with Crippen LogP contribution in [0.2, 0.25) is 0 Å². The minimum Gasteiger partial charge on any atom is -0.477 e. The van der Waals surface area contributed by atoms with Crippen LogP contribution >= 0.6 is 0 Å². The Morgan fingerprint density at radius 3 is 3.00 bits per heavy atom. The highest BCUT2D eigenvalue weighted by Gasteiger charge is 2.12. The normalized spacial score (nSPS) is 26.7. The molecule has 1 aliphatic rings. The molecule has 0 amide bonds. The van der Waals surface area contributed by atoms with E-state index in [1.54, 1.807) is 19.1 Å². The van der Waals surface area contributed by atoms with Crippen LogP contribution in [0, 0.1) is 0 Å². The molecule has 0 radical (unpaired) electrons. The highest BCUT2D eigenvalue weighted by Crippen LogP contribution is 2.08. The second-order valence-corrected chi connectivity index (χ2v) is 2.83. The van der Waals surface area contributed by atoms with Crippen LogP contribution in [0.15, 0.2) is 35.3 Å². The molecule has 12 heavy (non-hydrogen) atoms. The van der Waals surface area contributed by atoms with Gasteiger partial charge in [-0.3, -0.25) is 0 Å². The van der Waals surface area contributed by atoms with Crippen molar-refractivity contribution in [1.82, 2.24) is 0 Å². The lowest BCUT2D eigenvalue weighted by Gasteiger charge is -2.11. The number of hydrogen-bond donors (Lipinski definition) is 2. The van der Waals surface area contributed by atoms with Crippen LogP contribution in [0.1, 0.15) is 6.92 Å². The van der Waals surface area contributed by atoms with Crippen molar-refractivity contribution in [2.24, 2.45) is 5.73 Å². The first kappa shape index (κ1) is 8.57. The third-order valence-corrected chi connectivity index (χ3v) is 1.43. The van der Waals surface area contributed by atoms with Gasteiger partial charge in [0, 0.05) is 0 Å². The van der Waals surface area contributed by atoms with Gasteiger partial charge in [0.15, 0.2) is 0 Å². The molecule has 0 spiro atoms. The second kappa shape index (κ2) is 2.84. The van der Waals surface area contributed by atoms with Crippen LogP contribution in [0.4, 0.5) is 0 Å². The van der Waals surface area contributed by atoms with Gasteiger partial charge in [-0.1, -0.05) is 17.5 Å². The van der Waals surface area contributed by atoms with Crippen molar-refractivity contribution in [3.63, 3.8) is 0 Å². The van der Waals surface area contributed by atoms with Crippen LogP contribution in [-0.4, -0.2) is 16.6 Å². The number of nitrogens with two attached hydrogens (primary N) is 1. The maximum atomic E-state index is 10.5. The van der Waals surface area contributed by atoms with Gasteiger partial charge in [0.05, 0.1) is 5.54 Å². The first-order valence-corrected chi connectivity index (χ1v) is 3.45. The molecule has 0 fully saturated rings. The molecule has 0 saturated carbocycles. The predicted molar refractivity (Wildman–Crippen MR) is 44.5 cm³/mol. The maximum absolute atomic E-state index is 10.5. The summed E-state index contributed by atoms with van der Waals surface area (Å²) in [6, 6.07) is 0. The number of carboxylic acids is 1. The predicted octanol–water partition coefficient (Wildman–Crippen LogP) is 0.595. The molecule has 3 nitrogen and oxygen atoms in total. The van der Waals surface area contributed by atoms with Gasteiger partial charge in [-0.25, -0.2) is 4.79 Å². The SMILES string of the molecule is CC1(N)C=C=C=C(C(=O)O)C=C1. The van der Waals surface area contributed by atoms with Crippen LogP contribution in [0.5, 0.6) is 0 Å². The molecule has 1 aliphatic carbocycles. The van der Waals surface area contributed by atoms with Gasteiger partial charge < -0.3 is 10.8 Å². The van der Waals surface area contributed by atoms with E-state index in [-0.39, 0.29) is 5.57 Å². The Morgan fingerprint density at radius 2 is 2.42 bits per heavy atom. The van der Waals surface area contributed by atoms with Crippen molar-refractivity contribution in [2.45, 2.75) is 12.5 Å². The maximum Gasteiger partial charge on any atom is 0.344 e. The highest BCUT2D eigenvalue weighted by molar-refractivity contribution is 5.89. The lowest BCUT2D eigenvalue weighted by Crippen LogP contribution is -2.30. The number of rotatable bonds is 1. The minimum atomic E-state index is -1.02. The molecule has 0 saturated heterocycles. The smallest absolute Gasteiger partial charge is 0.344 e. The van der Waals surface area contributed by atoms with E-state index < -0.39 is 11.5 Å². The van der Waals surface area contributed by atoms with Crippen molar-refractivity contribution >= 4 is 5.97 Å². The summed E-state index contributed by atoms with van der Waals surface area (Å²) in [5.74, 6) is -1.02. The zero-order valence-electron chi connectivity index (χ0n) is 6.66. The summed E-state index contributed by atoms with van der Waals surface area (Å²) in [5.41, 5.74) is 10.2. The van der Waals surface area contributed by atoms with Gasteiger partial charge in [0.2, 0.25) is 0 Å². The molecule has 0 aliphatic heterocycles. The summed E-state index contributed by atoms with van der Waals surface area (Å²) in [7, 11) is 0. The molecule has 62 valence electrons. The highest BCUT2D eigenvalue weighted by atomic mass is 16.4. The molecular weight excluding hydrogens is 154 g/mol. The Hall–Kier alpha value is -1.53. The zero-order valence-corrected chi connectivity index (χ0v) is 6.66. The molecule has 0 aromatic carbocycles. The van der Waals surface area contributed by atoms with E-state index in [0.717, 1.165) is 0 Å². The topological polar surface area (TPSA) is 63.3 Å². The Morgan fingerprint density at radius 1 is 1.75 bits per heavy atom. The fourth-order valence-electron chi connectivity index (χ4n) is 0.747. The average Bonchev–Trinajstić information content (AvgIpc) is 2.10. The Kier molecular flexibility index (Phi) is 2.03. The van der Waals surface area contributed by atoms with Crippen LogP contribution in [0.3, 0.4) is 0 Å². The van der Waals surface area contributed by atoms with Crippen LogP contribution < -0.4 is 5.73 Å².